The number of nitrogens with zero attached hydrogens (tertiary/aromatic N) is 1. The molecule has 0 unspecified atom stereocenters. The number of aromatic amines is 1. The maximum absolute atomic E-state index is 12.2. The maximum atomic E-state index is 12.2. The van der Waals surface area contributed by atoms with Crippen LogP contribution in [0.3, 0.4) is 0 Å². The first-order valence-electron chi connectivity index (χ1n) is 8.67. The second-order valence-electron chi connectivity index (χ2n) is 6.15. The summed E-state index contributed by atoms with van der Waals surface area (Å²) in [6.45, 7) is 0.106. The molecular weight excluding hydrogens is 417 g/mol. The fourth-order valence-electron chi connectivity index (χ4n) is 2.93. The van der Waals surface area contributed by atoms with Crippen LogP contribution >= 0.6 is 24.0 Å². The van der Waals surface area contributed by atoms with E-state index in [9.17, 15) is 9.59 Å². The third-order valence-electron chi connectivity index (χ3n) is 4.38. The number of carbonyl (C=O) groups is 2. The number of carbonyl (C=O) groups excluding carboxylic acids is 2. The molecule has 7 nitrogen and oxygen atoms in total. The summed E-state index contributed by atoms with van der Waals surface area (Å²) in [4.78, 5) is 24.4. The fourth-order valence-corrected chi connectivity index (χ4v) is 3.25. The van der Waals surface area contributed by atoms with Crippen molar-refractivity contribution in [3.8, 4) is 0 Å². The number of ether oxygens (including phenoxy) is 2. The number of alkyl halides is 1. The highest BCUT2D eigenvalue weighted by atomic mass is 35.5. The van der Waals surface area contributed by atoms with Crippen molar-refractivity contribution in [1.82, 2.24) is 15.5 Å². The van der Waals surface area contributed by atoms with Crippen molar-refractivity contribution >= 4 is 47.0 Å². The molecule has 2 N–H and O–H groups in total. The number of benzene rings is 2. The van der Waals surface area contributed by atoms with Crippen LogP contribution in [0.5, 0.6) is 0 Å². The van der Waals surface area contributed by atoms with Gasteiger partial charge in [-0.15, -0.1) is 24.0 Å². The average Bonchev–Trinajstić information content (AvgIpc) is 3.20. The van der Waals surface area contributed by atoms with Crippen LogP contribution in [0.2, 0.25) is 0 Å². The summed E-state index contributed by atoms with van der Waals surface area (Å²) in [7, 11) is 1.27. The second-order valence-corrected chi connectivity index (χ2v) is 6.42. The van der Waals surface area contributed by atoms with Gasteiger partial charge in [0.1, 0.15) is 12.6 Å². The third kappa shape index (κ3) is 5.62. The number of rotatable bonds is 7. The number of hydrogen-bond donors (Lipinski definition) is 2. The molecule has 1 aromatic heterocycles. The van der Waals surface area contributed by atoms with Crippen LogP contribution < -0.4 is 5.32 Å². The predicted molar refractivity (Wildman–Crippen MR) is 112 cm³/mol. The molecule has 2 aromatic carbocycles. The van der Waals surface area contributed by atoms with E-state index in [0.717, 1.165) is 27.6 Å². The molecule has 1 amide bonds. The average molecular weight is 438 g/mol. The van der Waals surface area contributed by atoms with Crippen molar-refractivity contribution in [3.05, 3.63) is 65.4 Å². The zero-order valence-electron chi connectivity index (χ0n) is 15.7. The van der Waals surface area contributed by atoms with Gasteiger partial charge in [-0.2, -0.15) is 5.10 Å². The Hall–Kier alpha value is -2.77. The van der Waals surface area contributed by atoms with E-state index < -0.39 is 18.1 Å². The zero-order valence-corrected chi connectivity index (χ0v) is 17.3. The molecule has 0 aliphatic carbocycles. The highest BCUT2D eigenvalue weighted by molar-refractivity contribution is 6.18. The topological polar surface area (TPSA) is 93.3 Å². The number of esters is 1. The minimum atomic E-state index is -0.903. The number of nitrogens with one attached hydrogen (secondary N) is 2. The highest BCUT2D eigenvalue weighted by Crippen LogP contribution is 2.24. The molecule has 0 saturated carbocycles. The van der Waals surface area contributed by atoms with Gasteiger partial charge in [0.25, 0.3) is 0 Å². The Labute approximate surface area is 179 Å². The number of halogens is 2. The van der Waals surface area contributed by atoms with Gasteiger partial charge < -0.3 is 14.8 Å². The third-order valence-corrected chi connectivity index (χ3v) is 4.65. The summed E-state index contributed by atoms with van der Waals surface area (Å²) in [6, 6.07) is 12.1. The molecule has 0 fully saturated rings. The van der Waals surface area contributed by atoms with E-state index in [-0.39, 0.29) is 31.3 Å². The molecule has 1 heterocycles. The molecule has 29 heavy (non-hydrogen) atoms. The molecule has 3 aromatic rings. The number of H-pyrrole nitrogens is 1. The van der Waals surface area contributed by atoms with Gasteiger partial charge in [0.15, 0.2) is 0 Å². The Morgan fingerprint density at radius 1 is 1.21 bits per heavy atom. The molecule has 0 saturated heterocycles. The fraction of sp³-hybridized carbons (Fsp3) is 0.250. The Morgan fingerprint density at radius 3 is 2.66 bits per heavy atom. The van der Waals surface area contributed by atoms with Crippen molar-refractivity contribution in [1.29, 1.82) is 0 Å². The Morgan fingerprint density at radius 2 is 1.97 bits per heavy atom. The van der Waals surface area contributed by atoms with Gasteiger partial charge >= 0.3 is 12.1 Å². The van der Waals surface area contributed by atoms with Gasteiger partial charge in [-0.25, -0.2) is 9.59 Å². The summed E-state index contributed by atoms with van der Waals surface area (Å²) in [5.41, 5.74) is 3.37. The highest BCUT2D eigenvalue weighted by Gasteiger charge is 2.24. The number of methoxy groups -OCH3 is 1. The number of fused-ring (bicyclic) bond motifs is 1. The Kier molecular flexibility index (Phi) is 8.30. The lowest BCUT2D eigenvalue weighted by atomic mass is 9.98. The quantitative estimate of drug-likeness (QED) is 0.433. The van der Waals surface area contributed by atoms with E-state index in [2.05, 4.69) is 15.5 Å². The van der Waals surface area contributed by atoms with Crippen molar-refractivity contribution in [2.45, 2.75) is 24.9 Å². The first kappa shape index (κ1) is 22.5. The smallest absolute Gasteiger partial charge is 0.408 e. The molecule has 0 aliphatic rings. The molecule has 0 bridgehead atoms. The lowest BCUT2D eigenvalue weighted by Gasteiger charge is -2.18. The number of aromatic nitrogens is 2. The summed E-state index contributed by atoms with van der Waals surface area (Å²) in [6.07, 6.45) is 1.21. The van der Waals surface area contributed by atoms with Gasteiger partial charge in [0, 0.05) is 17.7 Å². The van der Waals surface area contributed by atoms with E-state index >= 15 is 0 Å². The van der Waals surface area contributed by atoms with Crippen LogP contribution in [0.4, 0.5) is 4.79 Å². The molecule has 0 aliphatic heterocycles. The Bertz CT molecular complexity index is 963. The van der Waals surface area contributed by atoms with Gasteiger partial charge in [0.2, 0.25) is 0 Å². The molecule has 3 rings (SSSR count). The van der Waals surface area contributed by atoms with E-state index in [1.807, 2.05) is 42.5 Å². The van der Waals surface area contributed by atoms with Crippen LogP contribution in [0.1, 0.15) is 16.7 Å². The number of amides is 1. The molecule has 1 atom stereocenters. The summed E-state index contributed by atoms with van der Waals surface area (Å²) in [5.74, 6) is -0.317. The first-order valence-corrected chi connectivity index (χ1v) is 9.20. The van der Waals surface area contributed by atoms with Gasteiger partial charge in [0.05, 0.1) is 18.8 Å². The summed E-state index contributed by atoms with van der Waals surface area (Å²) >= 11 is 6.12. The van der Waals surface area contributed by atoms with Gasteiger partial charge in [-0.05, 0) is 22.8 Å². The standard InChI is InChI=1S/C20H20ClN3O4.ClH/c1-27-19(25)18(23-20(26)28-12-13-5-3-2-4-6-13)9-14-7-8-17-16(11-22-24-17)15(14)10-21;/h2-8,11,18H,9-10,12H2,1H3,(H,22,24)(H,23,26);1H/t18-;/m1./s1. The lowest BCUT2D eigenvalue weighted by molar-refractivity contribution is -0.143. The van der Waals surface area contributed by atoms with Crippen LogP contribution in [-0.2, 0) is 33.2 Å². The van der Waals surface area contributed by atoms with Crippen molar-refractivity contribution in [3.63, 3.8) is 0 Å². The van der Waals surface area contributed by atoms with Crippen LogP contribution in [0.25, 0.3) is 10.9 Å². The summed E-state index contributed by atoms with van der Waals surface area (Å²) in [5, 5.41) is 10.4. The molecule has 0 spiro atoms. The van der Waals surface area contributed by atoms with Gasteiger partial charge in [-0.3, -0.25) is 5.10 Å². The Balaban J connectivity index is 0.00000300. The van der Waals surface area contributed by atoms with E-state index in [4.69, 9.17) is 21.1 Å². The molecule has 154 valence electrons. The number of hydrogen-bond acceptors (Lipinski definition) is 5. The van der Waals surface area contributed by atoms with Crippen molar-refractivity contribution in [2.75, 3.05) is 7.11 Å². The largest absolute Gasteiger partial charge is 0.467 e. The number of alkyl carbamates (subject to hydrolysis) is 1. The van der Waals surface area contributed by atoms with Crippen LogP contribution in [0.15, 0.2) is 48.7 Å². The maximum Gasteiger partial charge on any atom is 0.408 e. The van der Waals surface area contributed by atoms with Crippen molar-refractivity contribution < 1.29 is 19.1 Å². The lowest BCUT2D eigenvalue weighted by Crippen LogP contribution is -2.43. The van der Waals surface area contributed by atoms with Crippen LogP contribution in [-0.4, -0.2) is 35.4 Å². The predicted octanol–water partition coefficient (Wildman–Crippen LogP) is 3.73. The van der Waals surface area contributed by atoms with Crippen LogP contribution in [0, 0.1) is 0 Å². The van der Waals surface area contributed by atoms with E-state index in [1.165, 1.54) is 7.11 Å². The first-order chi connectivity index (χ1) is 13.6. The SMILES string of the molecule is COC(=O)[C@@H](Cc1ccc2[nH]ncc2c1CCl)NC(=O)OCc1ccccc1.Cl. The normalized spacial score (nSPS) is 11.4. The monoisotopic (exact) mass is 437 g/mol. The van der Waals surface area contributed by atoms with E-state index in [1.54, 1.807) is 6.20 Å². The van der Waals surface area contributed by atoms with Crippen molar-refractivity contribution in [2.24, 2.45) is 0 Å². The zero-order chi connectivity index (χ0) is 19.9. The second kappa shape index (κ2) is 10.7. The minimum Gasteiger partial charge on any atom is -0.467 e. The minimum absolute atomic E-state index is 0. The molecule has 0 radical (unpaired) electrons. The van der Waals surface area contributed by atoms with Gasteiger partial charge in [-0.1, -0.05) is 36.4 Å². The van der Waals surface area contributed by atoms with E-state index in [0.29, 0.717) is 0 Å². The summed E-state index contributed by atoms with van der Waals surface area (Å²) < 4.78 is 10.0. The molecular formula is C20H21Cl2N3O4. The molecule has 9 heteroatoms.